The molecule has 0 unspecified atom stereocenters. The first kappa shape index (κ1) is 16.2. The van der Waals surface area contributed by atoms with Crippen LogP contribution in [0.2, 0.25) is 0 Å². The van der Waals surface area contributed by atoms with Gasteiger partial charge in [0.15, 0.2) is 0 Å². The SMILES string of the molecule is CCN(CC)CCCNCCc1cc(C)ccc1C. The monoisotopic (exact) mass is 262 g/mol. The van der Waals surface area contributed by atoms with Crippen molar-refractivity contribution in [2.24, 2.45) is 0 Å². The lowest BCUT2D eigenvalue weighted by atomic mass is 10.0. The fourth-order valence-corrected chi connectivity index (χ4v) is 2.39. The van der Waals surface area contributed by atoms with Gasteiger partial charge in [-0.1, -0.05) is 37.6 Å². The maximum absolute atomic E-state index is 3.56. The van der Waals surface area contributed by atoms with Gasteiger partial charge in [-0.05, 0) is 70.5 Å². The third-order valence-corrected chi connectivity index (χ3v) is 3.80. The zero-order valence-electron chi connectivity index (χ0n) is 13.1. The molecule has 1 aromatic carbocycles. The molecule has 0 aliphatic rings. The largest absolute Gasteiger partial charge is 0.316 e. The first-order valence-electron chi connectivity index (χ1n) is 7.66. The van der Waals surface area contributed by atoms with Crippen molar-refractivity contribution in [3.8, 4) is 0 Å². The van der Waals surface area contributed by atoms with Crippen LogP contribution in [0.25, 0.3) is 0 Å². The number of benzene rings is 1. The molecule has 0 bridgehead atoms. The summed E-state index contributed by atoms with van der Waals surface area (Å²) < 4.78 is 0. The van der Waals surface area contributed by atoms with E-state index in [1.54, 1.807) is 0 Å². The highest BCUT2D eigenvalue weighted by Crippen LogP contribution is 2.10. The van der Waals surface area contributed by atoms with Gasteiger partial charge in [0.25, 0.3) is 0 Å². The molecule has 0 aliphatic carbocycles. The average Bonchev–Trinajstić information content (AvgIpc) is 2.42. The Labute approximate surface area is 119 Å². The summed E-state index contributed by atoms with van der Waals surface area (Å²) in [6, 6.07) is 6.73. The molecule has 19 heavy (non-hydrogen) atoms. The van der Waals surface area contributed by atoms with Crippen LogP contribution in [0.5, 0.6) is 0 Å². The number of nitrogens with one attached hydrogen (secondary N) is 1. The summed E-state index contributed by atoms with van der Waals surface area (Å²) in [4.78, 5) is 2.48. The number of nitrogens with zero attached hydrogens (tertiary/aromatic N) is 1. The normalized spacial score (nSPS) is 11.2. The van der Waals surface area contributed by atoms with Crippen LogP contribution in [0.1, 0.15) is 37.0 Å². The lowest BCUT2D eigenvalue weighted by molar-refractivity contribution is 0.298. The molecule has 0 aliphatic heterocycles. The van der Waals surface area contributed by atoms with Gasteiger partial charge in [-0.2, -0.15) is 0 Å². The van der Waals surface area contributed by atoms with Crippen LogP contribution in [0.3, 0.4) is 0 Å². The van der Waals surface area contributed by atoms with Gasteiger partial charge in [0.1, 0.15) is 0 Å². The van der Waals surface area contributed by atoms with Gasteiger partial charge >= 0.3 is 0 Å². The van der Waals surface area contributed by atoms with Crippen LogP contribution in [-0.2, 0) is 6.42 Å². The van der Waals surface area contributed by atoms with Crippen LogP contribution in [0.4, 0.5) is 0 Å². The zero-order valence-corrected chi connectivity index (χ0v) is 13.1. The summed E-state index contributed by atoms with van der Waals surface area (Å²) in [5.74, 6) is 0. The van der Waals surface area contributed by atoms with Crippen molar-refractivity contribution in [1.29, 1.82) is 0 Å². The molecule has 0 radical (unpaired) electrons. The third kappa shape index (κ3) is 6.22. The quantitative estimate of drug-likeness (QED) is 0.688. The van der Waals surface area contributed by atoms with Crippen LogP contribution < -0.4 is 5.32 Å². The third-order valence-electron chi connectivity index (χ3n) is 3.80. The Kier molecular flexibility index (Phi) is 7.76. The first-order chi connectivity index (χ1) is 9.17. The van der Waals surface area contributed by atoms with E-state index in [9.17, 15) is 0 Å². The molecule has 1 N–H and O–H groups in total. The molecule has 0 spiro atoms. The van der Waals surface area contributed by atoms with Gasteiger partial charge in [0.2, 0.25) is 0 Å². The maximum atomic E-state index is 3.56. The van der Waals surface area contributed by atoms with Crippen LogP contribution in [0, 0.1) is 13.8 Å². The highest BCUT2D eigenvalue weighted by molar-refractivity contribution is 5.30. The molecule has 1 rings (SSSR count). The second-order valence-corrected chi connectivity index (χ2v) is 5.31. The molecule has 0 amide bonds. The molecule has 0 aromatic heterocycles. The molecule has 2 nitrogen and oxygen atoms in total. The van der Waals surface area contributed by atoms with E-state index in [0.717, 1.165) is 19.5 Å². The molecule has 0 atom stereocenters. The number of aryl methyl sites for hydroxylation is 2. The number of rotatable bonds is 9. The van der Waals surface area contributed by atoms with Gasteiger partial charge in [0.05, 0.1) is 0 Å². The van der Waals surface area contributed by atoms with Crippen molar-refractivity contribution in [3.63, 3.8) is 0 Å². The molecular formula is C17H30N2. The summed E-state index contributed by atoms with van der Waals surface area (Å²) in [7, 11) is 0. The predicted molar refractivity (Wildman–Crippen MR) is 84.9 cm³/mol. The van der Waals surface area contributed by atoms with E-state index in [2.05, 4.69) is 56.1 Å². The minimum atomic E-state index is 1.09. The van der Waals surface area contributed by atoms with E-state index >= 15 is 0 Å². The lowest BCUT2D eigenvalue weighted by Gasteiger charge is -2.17. The second kappa shape index (κ2) is 9.11. The summed E-state index contributed by atoms with van der Waals surface area (Å²) >= 11 is 0. The number of hydrogen-bond acceptors (Lipinski definition) is 2. The Morgan fingerprint density at radius 3 is 2.47 bits per heavy atom. The molecule has 1 aromatic rings. The van der Waals surface area contributed by atoms with Gasteiger partial charge in [-0.3, -0.25) is 0 Å². The summed E-state index contributed by atoms with van der Waals surface area (Å²) in [6.07, 6.45) is 2.38. The fraction of sp³-hybridized carbons (Fsp3) is 0.647. The molecule has 108 valence electrons. The van der Waals surface area contributed by atoms with Gasteiger partial charge < -0.3 is 10.2 Å². The Morgan fingerprint density at radius 1 is 1.05 bits per heavy atom. The van der Waals surface area contributed by atoms with Gasteiger partial charge in [-0.15, -0.1) is 0 Å². The summed E-state index contributed by atoms with van der Waals surface area (Å²) in [6.45, 7) is 14.6. The minimum Gasteiger partial charge on any atom is -0.316 e. The Bertz CT molecular complexity index is 356. The van der Waals surface area contributed by atoms with Crippen LogP contribution >= 0.6 is 0 Å². The van der Waals surface area contributed by atoms with E-state index < -0.39 is 0 Å². The summed E-state index contributed by atoms with van der Waals surface area (Å²) in [5.41, 5.74) is 4.26. The van der Waals surface area contributed by atoms with E-state index in [0.29, 0.717) is 0 Å². The first-order valence-corrected chi connectivity index (χ1v) is 7.66. The van der Waals surface area contributed by atoms with Crippen LogP contribution in [-0.4, -0.2) is 37.6 Å². The topological polar surface area (TPSA) is 15.3 Å². The zero-order chi connectivity index (χ0) is 14.1. The van der Waals surface area contributed by atoms with E-state index in [1.807, 2.05) is 0 Å². The number of hydrogen-bond donors (Lipinski definition) is 1. The smallest absolute Gasteiger partial charge is 0.000687 e. The highest BCUT2D eigenvalue weighted by atomic mass is 15.1. The van der Waals surface area contributed by atoms with Crippen molar-refractivity contribution in [1.82, 2.24) is 10.2 Å². The minimum absolute atomic E-state index is 1.09. The van der Waals surface area contributed by atoms with Gasteiger partial charge in [-0.25, -0.2) is 0 Å². The highest BCUT2D eigenvalue weighted by Gasteiger charge is 2.00. The average molecular weight is 262 g/mol. The van der Waals surface area contributed by atoms with Crippen molar-refractivity contribution < 1.29 is 0 Å². The lowest BCUT2D eigenvalue weighted by Crippen LogP contribution is -2.27. The molecular weight excluding hydrogens is 232 g/mol. The van der Waals surface area contributed by atoms with E-state index in [4.69, 9.17) is 0 Å². The maximum Gasteiger partial charge on any atom is -0.000687 e. The van der Waals surface area contributed by atoms with E-state index in [-0.39, 0.29) is 0 Å². The Balaban J connectivity index is 2.15. The fourth-order valence-electron chi connectivity index (χ4n) is 2.39. The van der Waals surface area contributed by atoms with Crippen molar-refractivity contribution in [2.45, 2.75) is 40.5 Å². The summed E-state index contributed by atoms with van der Waals surface area (Å²) in [5, 5.41) is 3.56. The molecule has 2 heteroatoms. The standard InChI is InChI=1S/C17H30N2/c1-5-19(6-2)13-7-11-18-12-10-17-14-15(3)8-9-16(17)4/h8-9,14,18H,5-7,10-13H2,1-4H3. The second-order valence-electron chi connectivity index (χ2n) is 5.31. The molecule has 0 fully saturated rings. The van der Waals surface area contributed by atoms with Crippen LogP contribution in [0.15, 0.2) is 18.2 Å². The van der Waals surface area contributed by atoms with Gasteiger partial charge in [0, 0.05) is 0 Å². The molecule has 0 saturated heterocycles. The Morgan fingerprint density at radius 2 is 1.79 bits per heavy atom. The van der Waals surface area contributed by atoms with Crippen molar-refractivity contribution >= 4 is 0 Å². The van der Waals surface area contributed by atoms with Crippen molar-refractivity contribution in [2.75, 3.05) is 32.7 Å². The van der Waals surface area contributed by atoms with Crippen molar-refractivity contribution in [3.05, 3.63) is 34.9 Å². The Hall–Kier alpha value is -0.860. The molecule has 0 heterocycles. The molecule has 0 saturated carbocycles. The van der Waals surface area contributed by atoms with E-state index in [1.165, 1.54) is 42.7 Å². The predicted octanol–water partition coefficient (Wildman–Crippen LogP) is 3.17.